The molecule has 0 aromatic heterocycles. The molecule has 0 radical (unpaired) electrons. The highest BCUT2D eigenvalue weighted by atomic mass is 35.5. The van der Waals surface area contributed by atoms with Crippen LogP contribution in [-0.2, 0) is 10.0 Å². The van der Waals surface area contributed by atoms with E-state index in [2.05, 4.69) is 5.32 Å². The zero-order chi connectivity index (χ0) is 15.8. The number of primary sulfonamides is 1. The topological polar surface area (TPSA) is 115 Å². The number of nitrogens with two attached hydrogens (primary N) is 2. The van der Waals surface area contributed by atoms with Gasteiger partial charge < -0.3 is 11.1 Å². The molecule has 1 aliphatic carbocycles. The zero-order valence-corrected chi connectivity index (χ0v) is 14.3. The average molecular weight is 348 g/mol. The van der Waals surface area contributed by atoms with Crippen LogP contribution >= 0.6 is 12.4 Å². The van der Waals surface area contributed by atoms with Crippen molar-refractivity contribution in [1.29, 1.82) is 0 Å². The Hall–Kier alpha value is -1.15. The Balaban J connectivity index is 0.00000242. The molecule has 0 saturated heterocycles. The van der Waals surface area contributed by atoms with Crippen LogP contribution in [0, 0.1) is 19.8 Å². The van der Waals surface area contributed by atoms with Crippen LogP contribution in [-0.4, -0.2) is 26.9 Å². The molecule has 0 aliphatic heterocycles. The molecule has 1 aliphatic rings. The maximum absolute atomic E-state index is 12.3. The van der Waals surface area contributed by atoms with Gasteiger partial charge in [-0.05, 0) is 55.9 Å². The summed E-state index contributed by atoms with van der Waals surface area (Å²) in [5.41, 5.74) is 7.23. The van der Waals surface area contributed by atoms with Gasteiger partial charge in [-0.1, -0.05) is 0 Å². The lowest BCUT2D eigenvalue weighted by molar-refractivity contribution is 0.0933. The van der Waals surface area contributed by atoms with Crippen molar-refractivity contribution in [2.45, 2.75) is 37.6 Å². The lowest BCUT2D eigenvalue weighted by Gasteiger charge is -2.17. The molecule has 8 heteroatoms. The zero-order valence-electron chi connectivity index (χ0n) is 12.6. The minimum absolute atomic E-state index is 0. The Kier molecular flexibility index (Phi) is 5.97. The Morgan fingerprint density at radius 2 is 1.95 bits per heavy atom. The first-order valence-electron chi connectivity index (χ1n) is 6.89. The SMILES string of the molecule is Cc1cc(C(=O)NC(CN)C2CC2)cc(S(N)(=O)=O)c1C.Cl. The van der Waals surface area contributed by atoms with Crippen LogP contribution in [0.4, 0.5) is 0 Å². The lowest BCUT2D eigenvalue weighted by atomic mass is 10.0. The number of carbonyl (C=O) groups excluding carboxylic acids is 1. The molecule has 124 valence electrons. The Morgan fingerprint density at radius 3 is 2.41 bits per heavy atom. The van der Waals surface area contributed by atoms with E-state index in [4.69, 9.17) is 10.9 Å². The molecule has 1 atom stereocenters. The van der Waals surface area contributed by atoms with Gasteiger partial charge in [-0.15, -0.1) is 12.4 Å². The molecule has 1 aromatic rings. The van der Waals surface area contributed by atoms with Gasteiger partial charge in [0.15, 0.2) is 0 Å². The quantitative estimate of drug-likeness (QED) is 0.731. The standard InChI is InChI=1S/C14H21N3O3S.ClH/c1-8-5-11(6-13(9(8)2)21(16,19)20)14(18)17-12(7-15)10-3-4-10;/h5-6,10,12H,3-4,7,15H2,1-2H3,(H,17,18)(H2,16,19,20);1H. The highest BCUT2D eigenvalue weighted by Gasteiger charge is 2.31. The molecule has 2 rings (SSSR count). The smallest absolute Gasteiger partial charge is 0.251 e. The van der Waals surface area contributed by atoms with Crippen molar-refractivity contribution in [3.05, 3.63) is 28.8 Å². The fourth-order valence-corrected chi connectivity index (χ4v) is 3.25. The summed E-state index contributed by atoms with van der Waals surface area (Å²) in [6, 6.07) is 2.94. The van der Waals surface area contributed by atoms with E-state index in [1.54, 1.807) is 19.9 Å². The highest BCUT2D eigenvalue weighted by molar-refractivity contribution is 7.89. The highest BCUT2D eigenvalue weighted by Crippen LogP contribution is 2.32. The number of halogens is 1. The number of hydrogen-bond acceptors (Lipinski definition) is 4. The number of nitrogens with one attached hydrogen (secondary N) is 1. The summed E-state index contributed by atoms with van der Waals surface area (Å²) in [5.74, 6) is 0.119. The fourth-order valence-electron chi connectivity index (χ4n) is 2.37. The summed E-state index contributed by atoms with van der Waals surface area (Å²) in [7, 11) is -3.85. The molecule has 6 nitrogen and oxygen atoms in total. The predicted molar refractivity (Wildman–Crippen MR) is 87.6 cm³/mol. The van der Waals surface area contributed by atoms with Gasteiger partial charge in [0.2, 0.25) is 10.0 Å². The molecular weight excluding hydrogens is 326 g/mol. The Labute approximate surface area is 137 Å². The largest absolute Gasteiger partial charge is 0.348 e. The van der Waals surface area contributed by atoms with E-state index >= 15 is 0 Å². The third-order valence-electron chi connectivity index (χ3n) is 3.95. The predicted octanol–water partition coefficient (Wildman–Crippen LogP) is 0.840. The van der Waals surface area contributed by atoms with Gasteiger partial charge in [-0.3, -0.25) is 4.79 Å². The monoisotopic (exact) mass is 347 g/mol. The average Bonchev–Trinajstić information content (AvgIpc) is 3.21. The van der Waals surface area contributed by atoms with E-state index in [9.17, 15) is 13.2 Å². The van der Waals surface area contributed by atoms with Gasteiger partial charge in [-0.2, -0.15) is 0 Å². The number of amides is 1. The van der Waals surface area contributed by atoms with E-state index in [1.165, 1.54) is 6.07 Å². The van der Waals surface area contributed by atoms with Crippen molar-refractivity contribution >= 4 is 28.3 Å². The molecule has 0 bridgehead atoms. The van der Waals surface area contributed by atoms with Crippen LogP contribution in [0.1, 0.15) is 34.3 Å². The summed E-state index contributed by atoms with van der Waals surface area (Å²) in [4.78, 5) is 12.3. The maximum atomic E-state index is 12.3. The summed E-state index contributed by atoms with van der Waals surface area (Å²) in [6.07, 6.45) is 2.13. The van der Waals surface area contributed by atoms with Gasteiger partial charge in [0.1, 0.15) is 0 Å². The van der Waals surface area contributed by atoms with Gasteiger partial charge in [-0.25, -0.2) is 13.6 Å². The van der Waals surface area contributed by atoms with Gasteiger partial charge in [0.25, 0.3) is 5.91 Å². The third kappa shape index (κ3) is 4.19. The number of rotatable bonds is 5. The molecular formula is C14H22ClN3O3S. The Bertz CT molecular complexity index is 672. The van der Waals surface area contributed by atoms with Crippen molar-refractivity contribution in [1.82, 2.24) is 5.32 Å². The number of carbonyl (C=O) groups is 1. The molecule has 0 spiro atoms. The fraction of sp³-hybridized carbons (Fsp3) is 0.500. The molecule has 1 amide bonds. The van der Waals surface area contributed by atoms with E-state index in [1.807, 2.05) is 0 Å². The molecule has 0 heterocycles. The van der Waals surface area contributed by atoms with Crippen LogP contribution in [0.2, 0.25) is 0 Å². The van der Waals surface area contributed by atoms with Gasteiger partial charge >= 0.3 is 0 Å². The Morgan fingerprint density at radius 1 is 1.36 bits per heavy atom. The van der Waals surface area contributed by atoms with E-state index in [0.29, 0.717) is 29.2 Å². The number of sulfonamides is 1. The normalized spacial score (nSPS) is 15.8. The minimum Gasteiger partial charge on any atom is -0.348 e. The molecule has 1 fully saturated rings. The van der Waals surface area contributed by atoms with Crippen molar-refractivity contribution in [2.75, 3.05) is 6.54 Å². The van der Waals surface area contributed by atoms with Gasteiger partial charge in [0, 0.05) is 18.2 Å². The summed E-state index contributed by atoms with van der Waals surface area (Å²) in [5, 5.41) is 8.07. The van der Waals surface area contributed by atoms with Crippen LogP contribution in [0.25, 0.3) is 0 Å². The van der Waals surface area contributed by atoms with Crippen LogP contribution < -0.4 is 16.2 Å². The van der Waals surface area contributed by atoms with Crippen molar-refractivity contribution in [2.24, 2.45) is 16.8 Å². The molecule has 1 saturated carbocycles. The van der Waals surface area contributed by atoms with E-state index in [-0.39, 0.29) is 29.3 Å². The second-order valence-corrected chi connectivity index (χ2v) is 7.14. The molecule has 1 unspecified atom stereocenters. The molecule has 5 N–H and O–H groups in total. The van der Waals surface area contributed by atoms with Crippen LogP contribution in [0.3, 0.4) is 0 Å². The maximum Gasteiger partial charge on any atom is 0.251 e. The first-order valence-corrected chi connectivity index (χ1v) is 8.43. The first-order chi connectivity index (χ1) is 9.74. The first kappa shape index (κ1) is 18.9. The van der Waals surface area contributed by atoms with E-state index in [0.717, 1.165) is 12.8 Å². The lowest BCUT2D eigenvalue weighted by Crippen LogP contribution is -2.41. The van der Waals surface area contributed by atoms with Crippen LogP contribution in [0.5, 0.6) is 0 Å². The van der Waals surface area contributed by atoms with Gasteiger partial charge in [0.05, 0.1) is 4.90 Å². The van der Waals surface area contributed by atoms with Crippen molar-refractivity contribution in [3.8, 4) is 0 Å². The number of aryl methyl sites for hydroxylation is 1. The summed E-state index contributed by atoms with van der Waals surface area (Å²) in [6.45, 7) is 3.80. The second-order valence-electron chi connectivity index (χ2n) is 5.61. The molecule has 1 aromatic carbocycles. The number of hydrogen-bond donors (Lipinski definition) is 3. The molecule has 22 heavy (non-hydrogen) atoms. The van der Waals surface area contributed by atoms with Crippen molar-refractivity contribution < 1.29 is 13.2 Å². The summed E-state index contributed by atoms with van der Waals surface area (Å²) < 4.78 is 23.2. The van der Waals surface area contributed by atoms with Crippen molar-refractivity contribution in [3.63, 3.8) is 0 Å². The van der Waals surface area contributed by atoms with Crippen LogP contribution in [0.15, 0.2) is 17.0 Å². The third-order valence-corrected chi connectivity index (χ3v) is 4.99. The van der Waals surface area contributed by atoms with E-state index < -0.39 is 10.0 Å². The summed E-state index contributed by atoms with van der Waals surface area (Å²) >= 11 is 0. The minimum atomic E-state index is -3.85. The number of benzene rings is 1. The second kappa shape index (κ2) is 6.95.